The lowest BCUT2D eigenvalue weighted by molar-refractivity contribution is 1.11. The fraction of sp³-hybridized carbons (Fsp3) is 0.0625. The third-order valence-corrected chi connectivity index (χ3v) is 3.26. The Bertz CT molecular complexity index is 746. The molecule has 18 heavy (non-hydrogen) atoms. The Morgan fingerprint density at radius 1 is 1.00 bits per heavy atom. The van der Waals surface area contributed by atoms with Gasteiger partial charge in [0, 0.05) is 17.5 Å². The second-order valence-electron chi connectivity index (χ2n) is 4.27. The van der Waals surface area contributed by atoms with Gasteiger partial charge < -0.3 is 4.40 Å². The fourth-order valence-corrected chi connectivity index (χ4v) is 2.44. The summed E-state index contributed by atoms with van der Waals surface area (Å²) in [5.74, 6) is 0. The molecule has 0 unspecified atom stereocenters. The first kappa shape index (κ1) is 10.6. The Hall–Kier alpha value is -2.53. The van der Waals surface area contributed by atoms with Crippen molar-refractivity contribution in [3.05, 3.63) is 66.0 Å². The number of rotatable bonds is 1. The van der Waals surface area contributed by atoms with Crippen LogP contribution in [0, 0.1) is 18.3 Å². The van der Waals surface area contributed by atoms with Crippen LogP contribution in [0.1, 0.15) is 11.3 Å². The molecule has 1 aromatic carbocycles. The quantitative estimate of drug-likeness (QED) is 0.627. The average molecular weight is 232 g/mol. The van der Waals surface area contributed by atoms with Crippen molar-refractivity contribution in [2.45, 2.75) is 6.92 Å². The van der Waals surface area contributed by atoms with Crippen molar-refractivity contribution in [3.63, 3.8) is 0 Å². The van der Waals surface area contributed by atoms with E-state index in [1.54, 1.807) is 0 Å². The zero-order chi connectivity index (χ0) is 12.5. The molecule has 2 aromatic heterocycles. The number of aromatic nitrogens is 1. The molecule has 0 fully saturated rings. The van der Waals surface area contributed by atoms with E-state index in [4.69, 9.17) is 0 Å². The molecule has 3 rings (SSSR count). The topological polar surface area (TPSA) is 28.2 Å². The smallest absolute Gasteiger partial charge is 0.102 e. The third-order valence-electron chi connectivity index (χ3n) is 3.26. The van der Waals surface area contributed by atoms with E-state index in [0.717, 1.165) is 27.9 Å². The van der Waals surface area contributed by atoms with E-state index in [0.29, 0.717) is 0 Å². The number of nitrogens with zero attached hydrogens (tertiary/aromatic N) is 2. The molecule has 2 heteroatoms. The molecule has 0 saturated heterocycles. The maximum atomic E-state index is 9.43. The van der Waals surface area contributed by atoms with Crippen molar-refractivity contribution in [2.75, 3.05) is 0 Å². The monoisotopic (exact) mass is 232 g/mol. The molecule has 0 amide bonds. The van der Waals surface area contributed by atoms with Gasteiger partial charge in [-0.1, -0.05) is 36.4 Å². The van der Waals surface area contributed by atoms with Crippen LogP contribution in [0.15, 0.2) is 54.7 Å². The van der Waals surface area contributed by atoms with Gasteiger partial charge >= 0.3 is 0 Å². The highest BCUT2D eigenvalue weighted by Crippen LogP contribution is 2.31. The Labute approximate surface area is 106 Å². The van der Waals surface area contributed by atoms with Crippen molar-refractivity contribution in [2.24, 2.45) is 0 Å². The number of hydrogen-bond acceptors (Lipinski definition) is 1. The third kappa shape index (κ3) is 1.42. The van der Waals surface area contributed by atoms with E-state index in [9.17, 15) is 5.26 Å². The second kappa shape index (κ2) is 4.05. The lowest BCUT2D eigenvalue weighted by Gasteiger charge is -2.01. The van der Waals surface area contributed by atoms with Gasteiger partial charge in [0.25, 0.3) is 0 Å². The summed E-state index contributed by atoms with van der Waals surface area (Å²) in [5.41, 5.74) is 4.95. The highest BCUT2D eigenvalue weighted by molar-refractivity contribution is 5.83. The molecule has 0 bridgehead atoms. The van der Waals surface area contributed by atoms with Gasteiger partial charge in [0.2, 0.25) is 0 Å². The molecule has 0 N–H and O–H groups in total. The summed E-state index contributed by atoms with van der Waals surface area (Å²) in [6.07, 6.45) is 2.00. The Morgan fingerprint density at radius 2 is 1.72 bits per heavy atom. The molecule has 0 radical (unpaired) electrons. The van der Waals surface area contributed by atoms with E-state index in [-0.39, 0.29) is 0 Å². The van der Waals surface area contributed by atoms with Crippen LogP contribution in [0.4, 0.5) is 0 Å². The molecule has 0 saturated carbocycles. The van der Waals surface area contributed by atoms with Gasteiger partial charge in [-0.15, -0.1) is 0 Å². The van der Waals surface area contributed by atoms with Crippen LogP contribution in [0.25, 0.3) is 16.6 Å². The first-order chi connectivity index (χ1) is 8.83. The van der Waals surface area contributed by atoms with E-state index in [2.05, 4.69) is 17.4 Å². The molecule has 86 valence electrons. The van der Waals surface area contributed by atoms with Gasteiger partial charge in [-0.25, -0.2) is 0 Å². The minimum atomic E-state index is 0.749. The molecular formula is C16H12N2. The molecule has 2 nitrogen and oxygen atoms in total. The van der Waals surface area contributed by atoms with Gasteiger partial charge in [-0.2, -0.15) is 5.26 Å². The van der Waals surface area contributed by atoms with Crippen LogP contribution in [0.5, 0.6) is 0 Å². The van der Waals surface area contributed by atoms with Crippen molar-refractivity contribution in [1.82, 2.24) is 4.40 Å². The van der Waals surface area contributed by atoms with E-state index in [1.165, 1.54) is 0 Å². The number of aryl methyl sites for hydroxylation is 1. The van der Waals surface area contributed by atoms with Gasteiger partial charge in [0.1, 0.15) is 6.07 Å². The summed E-state index contributed by atoms with van der Waals surface area (Å²) >= 11 is 0. The van der Waals surface area contributed by atoms with Crippen LogP contribution < -0.4 is 0 Å². The van der Waals surface area contributed by atoms with Gasteiger partial charge in [-0.3, -0.25) is 0 Å². The van der Waals surface area contributed by atoms with Crippen LogP contribution in [-0.4, -0.2) is 4.40 Å². The molecular weight excluding hydrogens is 220 g/mol. The fourth-order valence-electron chi connectivity index (χ4n) is 2.44. The van der Waals surface area contributed by atoms with Crippen molar-refractivity contribution < 1.29 is 0 Å². The van der Waals surface area contributed by atoms with Gasteiger partial charge in [0.15, 0.2) is 0 Å². The summed E-state index contributed by atoms with van der Waals surface area (Å²) in [6.45, 7) is 2.05. The highest BCUT2D eigenvalue weighted by Gasteiger charge is 2.15. The van der Waals surface area contributed by atoms with E-state index in [1.807, 2.05) is 54.7 Å². The number of fused-ring (bicyclic) bond motifs is 1. The number of hydrogen-bond donors (Lipinski definition) is 0. The second-order valence-corrected chi connectivity index (χ2v) is 4.27. The van der Waals surface area contributed by atoms with Crippen LogP contribution >= 0.6 is 0 Å². The van der Waals surface area contributed by atoms with Crippen molar-refractivity contribution >= 4 is 5.52 Å². The van der Waals surface area contributed by atoms with Crippen molar-refractivity contribution in [1.29, 1.82) is 5.26 Å². The standard InChI is InChI=1S/C16H12N2/c1-12-16(13-7-3-2-4-8-13)14(11-17)15-9-5-6-10-18(12)15/h2-10H,1H3. The van der Waals surface area contributed by atoms with Gasteiger partial charge in [0.05, 0.1) is 11.1 Å². The predicted octanol–water partition coefficient (Wildman–Crippen LogP) is 3.79. The first-order valence-corrected chi connectivity index (χ1v) is 5.88. The molecule has 0 atom stereocenters. The Morgan fingerprint density at radius 3 is 2.44 bits per heavy atom. The lowest BCUT2D eigenvalue weighted by Crippen LogP contribution is -1.85. The zero-order valence-corrected chi connectivity index (χ0v) is 10.1. The summed E-state index contributed by atoms with van der Waals surface area (Å²) in [6, 6.07) is 18.3. The molecule has 0 spiro atoms. The minimum Gasteiger partial charge on any atom is -0.319 e. The zero-order valence-electron chi connectivity index (χ0n) is 10.1. The van der Waals surface area contributed by atoms with Crippen molar-refractivity contribution in [3.8, 4) is 17.2 Å². The molecule has 0 aliphatic heterocycles. The lowest BCUT2D eigenvalue weighted by atomic mass is 10.0. The largest absolute Gasteiger partial charge is 0.319 e. The Balaban J connectivity index is 2.43. The SMILES string of the molecule is Cc1c(-c2ccccc2)c(C#N)c2ccccn12. The van der Waals surface area contributed by atoms with Gasteiger partial charge in [-0.05, 0) is 24.6 Å². The molecule has 0 aliphatic carbocycles. The summed E-state index contributed by atoms with van der Waals surface area (Å²) in [7, 11) is 0. The van der Waals surface area contributed by atoms with E-state index >= 15 is 0 Å². The van der Waals surface area contributed by atoms with Crippen LogP contribution in [0.3, 0.4) is 0 Å². The van der Waals surface area contributed by atoms with Crippen LogP contribution in [0.2, 0.25) is 0 Å². The molecule has 2 heterocycles. The average Bonchev–Trinajstić information content (AvgIpc) is 2.73. The summed E-state index contributed by atoms with van der Waals surface area (Å²) < 4.78 is 2.07. The number of nitriles is 1. The minimum absolute atomic E-state index is 0.749. The van der Waals surface area contributed by atoms with E-state index < -0.39 is 0 Å². The first-order valence-electron chi connectivity index (χ1n) is 5.88. The Kier molecular flexibility index (Phi) is 2.39. The number of benzene rings is 1. The summed E-state index contributed by atoms with van der Waals surface area (Å²) in [4.78, 5) is 0. The number of pyridine rings is 1. The maximum absolute atomic E-state index is 9.43. The normalized spacial score (nSPS) is 10.4. The summed E-state index contributed by atoms with van der Waals surface area (Å²) in [5, 5.41) is 9.43. The highest BCUT2D eigenvalue weighted by atomic mass is 14.9. The molecule has 0 aliphatic rings. The predicted molar refractivity (Wildman–Crippen MR) is 72.3 cm³/mol. The maximum Gasteiger partial charge on any atom is 0.102 e. The molecule has 3 aromatic rings. The van der Waals surface area contributed by atoms with Crippen LogP contribution in [-0.2, 0) is 0 Å².